The van der Waals surface area contributed by atoms with Gasteiger partial charge < -0.3 is 19.7 Å². The molecular weight excluding hydrogens is 326 g/mol. The van der Waals surface area contributed by atoms with Gasteiger partial charge in [-0.25, -0.2) is 0 Å². The minimum atomic E-state index is 0.396. The number of ether oxygens (including phenoxy) is 2. The van der Waals surface area contributed by atoms with Gasteiger partial charge in [0.25, 0.3) is 0 Å². The van der Waals surface area contributed by atoms with Gasteiger partial charge in [-0.3, -0.25) is 4.90 Å². The molecule has 5 nitrogen and oxygen atoms in total. The Hall–Kier alpha value is -1.14. The molecule has 146 valence electrons. The van der Waals surface area contributed by atoms with Crippen molar-refractivity contribution in [2.45, 2.75) is 44.8 Å². The van der Waals surface area contributed by atoms with Gasteiger partial charge in [-0.2, -0.15) is 0 Å². The van der Waals surface area contributed by atoms with E-state index in [0.29, 0.717) is 18.1 Å². The van der Waals surface area contributed by atoms with Crippen molar-refractivity contribution in [2.24, 2.45) is 0 Å². The first kappa shape index (κ1) is 19.6. The van der Waals surface area contributed by atoms with E-state index >= 15 is 0 Å². The van der Waals surface area contributed by atoms with Gasteiger partial charge in [-0.15, -0.1) is 0 Å². The van der Waals surface area contributed by atoms with Crippen molar-refractivity contribution in [1.82, 2.24) is 15.1 Å². The second-order valence-corrected chi connectivity index (χ2v) is 7.75. The summed E-state index contributed by atoms with van der Waals surface area (Å²) in [4.78, 5) is 5.14. The molecule has 2 saturated heterocycles. The van der Waals surface area contributed by atoms with E-state index in [-0.39, 0.29) is 0 Å². The molecule has 2 fully saturated rings. The average Bonchev–Trinajstić information content (AvgIpc) is 2.70. The van der Waals surface area contributed by atoms with E-state index in [1.54, 1.807) is 7.11 Å². The molecule has 2 heterocycles. The largest absolute Gasteiger partial charge is 0.497 e. The van der Waals surface area contributed by atoms with Crippen molar-refractivity contribution in [3.8, 4) is 5.75 Å². The SMILES string of the molecule is COc1ccc(C(CNC2CCN(C(C)C)CC2)N2CCOCC2)cc1. The summed E-state index contributed by atoms with van der Waals surface area (Å²) in [5.41, 5.74) is 1.36. The molecular formula is C21H35N3O2. The molecule has 0 saturated carbocycles. The Kier molecular flexibility index (Phi) is 7.32. The Morgan fingerprint density at radius 3 is 2.27 bits per heavy atom. The van der Waals surface area contributed by atoms with Crippen LogP contribution >= 0.6 is 0 Å². The van der Waals surface area contributed by atoms with Crippen LogP contribution in [0.25, 0.3) is 0 Å². The maximum absolute atomic E-state index is 5.56. The summed E-state index contributed by atoms with van der Waals surface area (Å²) in [6.07, 6.45) is 2.49. The van der Waals surface area contributed by atoms with Gasteiger partial charge in [-0.1, -0.05) is 12.1 Å². The van der Waals surface area contributed by atoms with Gasteiger partial charge in [-0.05, 0) is 57.5 Å². The molecule has 1 atom stereocenters. The number of rotatable bonds is 7. The van der Waals surface area contributed by atoms with Crippen molar-refractivity contribution in [3.05, 3.63) is 29.8 Å². The molecule has 0 aliphatic carbocycles. The zero-order valence-electron chi connectivity index (χ0n) is 16.6. The lowest BCUT2D eigenvalue weighted by Crippen LogP contribution is -2.48. The van der Waals surface area contributed by atoms with Crippen LogP contribution in [0.5, 0.6) is 5.75 Å². The molecule has 0 aromatic heterocycles. The standard InChI is InChI=1S/C21H35N3O2/c1-17(2)23-10-8-19(9-11-23)22-16-21(24-12-14-26-15-13-24)18-4-6-20(25-3)7-5-18/h4-7,17,19,21-22H,8-16H2,1-3H3. The Morgan fingerprint density at radius 1 is 1.04 bits per heavy atom. The van der Waals surface area contributed by atoms with Crippen LogP contribution in [0.2, 0.25) is 0 Å². The number of likely N-dealkylation sites (tertiary alicyclic amines) is 1. The normalized spacial score (nSPS) is 21.8. The Bertz CT molecular complexity index is 521. The van der Waals surface area contributed by atoms with E-state index in [0.717, 1.165) is 38.6 Å². The second-order valence-electron chi connectivity index (χ2n) is 7.75. The third-order valence-electron chi connectivity index (χ3n) is 5.85. The van der Waals surface area contributed by atoms with Crippen LogP contribution in [0.1, 0.15) is 38.3 Å². The van der Waals surface area contributed by atoms with Crippen LogP contribution in [0.15, 0.2) is 24.3 Å². The molecule has 26 heavy (non-hydrogen) atoms. The first-order chi connectivity index (χ1) is 12.7. The Morgan fingerprint density at radius 2 is 1.69 bits per heavy atom. The van der Waals surface area contributed by atoms with Crippen LogP contribution in [0.4, 0.5) is 0 Å². The maximum atomic E-state index is 5.56. The first-order valence-electron chi connectivity index (χ1n) is 10.1. The minimum absolute atomic E-state index is 0.396. The summed E-state index contributed by atoms with van der Waals surface area (Å²) < 4.78 is 10.9. The maximum Gasteiger partial charge on any atom is 0.118 e. The molecule has 3 rings (SSSR count). The lowest BCUT2D eigenvalue weighted by Gasteiger charge is -2.38. The number of hydrogen-bond donors (Lipinski definition) is 1. The van der Waals surface area contributed by atoms with E-state index < -0.39 is 0 Å². The van der Waals surface area contributed by atoms with Crippen molar-refractivity contribution in [2.75, 3.05) is 53.0 Å². The summed E-state index contributed by atoms with van der Waals surface area (Å²) in [5, 5.41) is 3.87. The van der Waals surface area contributed by atoms with Gasteiger partial charge in [0.2, 0.25) is 0 Å². The van der Waals surface area contributed by atoms with E-state index in [4.69, 9.17) is 9.47 Å². The molecule has 1 aromatic carbocycles. The van der Waals surface area contributed by atoms with Crippen molar-refractivity contribution in [3.63, 3.8) is 0 Å². The number of morpholine rings is 1. The molecule has 0 spiro atoms. The van der Waals surface area contributed by atoms with Crippen LogP contribution in [-0.4, -0.2) is 74.9 Å². The summed E-state index contributed by atoms with van der Waals surface area (Å²) in [6.45, 7) is 11.7. The topological polar surface area (TPSA) is 37.0 Å². The van der Waals surface area contributed by atoms with Crippen LogP contribution in [0.3, 0.4) is 0 Å². The highest BCUT2D eigenvalue weighted by atomic mass is 16.5. The number of piperidine rings is 1. The predicted molar refractivity (Wildman–Crippen MR) is 106 cm³/mol. The third kappa shape index (κ3) is 5.19. The van der Waals surface area contributed by atoms with Crippen molar-refractivity contribution in [1.29, 1.82) is 0 Å². The summed E-state index contributed by atoms with van der Waals surface area (Å²) in [5.74, 6) is 0.920. The molecule has 2 aliphatic heterocycles. The highest BCUT2D eigenvalue weighted by Gasteiger charge is 2.25. The molecule has 1 unspecified atom stereocenters. The van der Waals surface area contributed by atoms with E-state index in [1.165, 1.54) is 31.5 Å². The summed E-state index contributed by atoms with van der Waals surface area (Å²) in [6, 6.07) is 10.3. The average molecular weight is 362 g/mol. The quantitative estimate of drug-likeness (QED) is 0.808. The lowest BCUT2D eigenvalue weighted by atomic mass is 10.0. The van der Waals surface area contributed by atoms with E-state index in [1.807, 2.05) is 0 Å². The molecule has 5 heteroatoms. The smallest absolute Gasteiger partial charge is 0.118 e. The van der Waals surface area contributed by atoms with Crippen LogP contribution in [0, 0.1) is 0 Å². The fourth-order valence-corrected chi connectivity index (χ4v) is 4.07. The summed E-state index contributed by atoms with van der Waals surface area (Å²) in [7, 11) is 1.72. The Labute approximate surface area is 158 Å². The van der Waals surface area contributed by atoms with Gasteiger partial charge in [0.05, 0.1) is 20.3 Å². The number of hydrogen-bond acceptors (Lipinski definition) is 5. The summed E-state index contributed by atoms with van der Waals surface area (Å²) >= 11 is 0. The van der Waals surface area contributed by atoms with Crippen LogP contribution in [-0.2, 0) is 4.74 Å². The van der Waals surface area contributed by atoms with Gasteiger partial charge in [0, 0.05) is 37.8 Å². The molecule has 1 N–H and O–H groups in total. The van der Waals surface area contributed by atoms with Gasteiger partial charge >= 0.3 is 0 Å². The third-order valence-corrected chi connectivity index (χ3v) is 5.85. The zero-order chi connectivity index (χ0) is 18.4. The zero-order valence-corrected chi connectivity index (χ0v) is 16.6. The number of benzene rings is 1. The fourth-order valence-electron chi connectivity index (χ4n) is 4.07. The molecule has 1 aromatic rings. The number of nitrogens with one attached hydrogen (secondary N) is 1. The molecule has 2 aliphatic rings. The molecule has 0 radical (unpaired) electrons. The van der Waals surface area contributed by atoms with Gasteiger partial charge in [0.1, 0.15) is 5.75 Å². The first-order valence-corrected chi connectivity index (χ1v) is 10.1. The van der Waals surface area contributed by atoms with Crippen molar-refractivity contribution < 1.29 is 9.47 Å². The Balaban J connectivity index is 1.60. The second kappa shape index (κ2) is 9.70. The monoisotopic (exact) mass is 361 g/mol. The van der Waals surface area contributed by atoms with Crippen molar-refractivity contribution >= 4 is 0 Å². The minimum Gasteiger partial charge on any atom is -0.497 e. The highest BCUT2D eigenvalue weighted by molar-refractivity contribution is 5.29. The predicted octanol–water partition coefficient (Wildman–Crippen LogP) is 2.53. The van der Waals surface area contributed by atoms with Gasteiger partial charge in [0.15, 0.2) is 0 Å². The lowest BCUT2D eigenvalue weighted by molar-refractivity contribution is 0.0150. The number of methoxy groups -OCH3 is 1. The fraction of sp³-hybridized carbons (Fsp3) is 0.714. The highest BCUT2D eigenvalue weighted by Crippen LogP contribution is 2.24. The molecule has 0 bridgehead atoms. The molecule has 0 amide bonds. The van der Waals surface area contributed by atoms with Crippen LogP contribution < -0.4 is 10.1 Å². The van der Waals surface area contributed by atoms with E-state index in [9.17, 15) is 0 Å². The number of nitrogens with zero attached hydrogens (tertiary/aromatic N) is 2. The van der Waals surface area contributed by atoms with E-state index in [2.05, 4.69) is 53.2 Å².